The number of ether oxygens (including phenoxy) is 1. The van der Waals surface area contributed by atoms with E-state index < -0.39 is 12.6 Å². The third-order valence-electron chi connectivity index (χ3n) is 6.48. The zero-order valence-electron chi connectivity index (χ0n) is 19.6. The predicted molar refractivity (Wildman–Crippen MR) is 127 cm³/mol. The highest BCUT2D eigenvalue weighted by Gasteiger charge is 2.34. The van der Waals surface area contributed by atoms with E-state index in [1.54, 1.807) is 18.5 Å². The molecule has 1 saturated heterocycles. The number of rotatable bonds is 6. The summed E-state index contributed by atoms with van der Waals surface area (Å²) in [6, 6.07) is 2.15. The summed E-state index contributed by atoms with van der Waals surface area (Å²) in [4.78, 5) is 12.2. The van der Waals surface area contributed by atoms with Gasteiger partial charge in [0.05, 0.1) is 19.2 Å². The van der Waals surface area contributed by atoms with Gasteiger partial charge < -0.3 is 9.64 Å². The van der Waals surface area contributed by atoms with Crippen molar-refractivity contribution in [1.29, 1.82) is 0 Å². The highest BCUT2D eigenvalue weighted by atomic mass is 32.1. The van der Waals surface area contributed by atoms with Crippen LogP contribution in [0, 0.1) is 0 Å². The second kappa shape index (κ2) is 9.23. The lowest BCUT2D eigenvalue weighted by Crippen LogP contribution is -2.37. The van der Waals surface area contributed by atoms with E-state index in [9.17, 15) is 13.2 Å². The van der Waals surface area contributed by atoms with Crippen LogP contribution in [-0.2, 0) is 6.42 Å². The van der Waals surface area contributed by atoms with Crippen LogP contribution in [0.1, 0.15) is 43.0 Å². The third-order valence-corrected chi connectivity index (χ3v) is 7.65. The Hall–Kier alpha value is -2.99. The first-order chi connectivity index (χ1) is 16.7. The smallest absolute Gasteiger partial charge is 0.393 e. The first kappa shape index (κ1) is 23.7. The van der Waals surface area contributed by atoms with Gasteiger partial charge in [-0.1, -0.05) is 0 Å². The van der Waals surface area contributed by atoms with E-state index in [-0.39, 0.29) is 17.0 Å². The predicted octanol–water partition coefficient (Wildman–Crippen LogP) is 4.94. The molecular formula is C23H26F3N7OS. The van der Waals surface area contributed by atoms with Crippen molar-refractivity contribution in [2.45, 2.75) is 51.2 Å². The molecule has 0 bridgehead atoms. The second-order valence-electron chi connectivity index (χ2n) is 9.01. The van der Waals surface area contributed by atoms with Gasteiger partial charge in [-0.05, 0) is 51.8 Å². The zero-order chi connectivity index (χ0) is 24.7. The highest BCUT2D eigenvalue weighted by Crippen LogP contribution is 2.40. The average Bonchev–Trinajstić information content (AvgIpc) is 3.56. The van der Waals surface area contributed by atoms with Crippen molar-refractivity contribution in [1.82, 2.24) is 34.7 Å². The number of H-pyrrole nitrogens is 1. The minimum atomic E-state index is -4.42. The Morgan fingerprint density at radius 2 is 2.00 bits per heavy atom. The maximum absolute atomic E-state index is 13.6. The summed E-state index contributed by atoms with van der Waals surface area (Å²) in [6.45, 7) is 6.40. The van der Waals surface area contributed by atoms with Crippen LogP contribution in [0.5, 0.6) is 5.75 Å². The van der Waals surface area contributed by atoms with E-state index in [1.165, 1.54) is 29.3 Å². The number of pyridine rings is 1. The van der Waals surface area contributed by atoms with E-state index in [4.69, 9.17) is 4.74 Å². The normalized spacial score (nSPS) is 16.0. The van der Waals surface area contributed by atoms with Gasteiger partial charge in [-0.3, -0.25) is 5.10 Å². The fraction of sp³-hybridized carbons (Fsp3) is 0.478. The van der Waals surface area contributed by atoms with E-state index >= 15 is 0 Å². The monoisotopic (exact) mass is 505 g/mol. The summed E-state index contributed by atoms with van der Waals surface area (Å²) in [5.74, 6) is 0.762. The fourth-order valence-electron chi connectivity index (χ4n) is 4.62. The number of alkyl halides is 3. The molecule has 4 aromatic heterocycles. The van der Waals surface area contributed by atoms with Crippen molar-refractivity contribution in [3.8, 4) is 27.7 Å². The van der Waals surface area contributed by atoms with Crippen molar-refractivity contribution in [3.63, 3.8) is 0 Å². The molecule has 1 N–H and O–H groups in total. The second-order valence-corrected chi connectivity index (χ2v) is 10.1. The number of piperidine rings is 1. The van der Waals surface area contributed by atoms with Gasteiger partial charge in [0, 0.05) is 34.4 Å². The molecule has 0 spiro atoms. The number of aromatic amines is 1. The summed E-state index contributed by atoms with van der Waals surface area (Å²) in [5, 5.41) is 11.7. The van der Waals surface area contributed by atoms with Crippen LogP contribution >= 0.6 is 11.3 Å². The first-order valence-corrected chi connectivity index (χ1v) is 12.3. The van der Waals surface area contributed by atoms with Crippen LogP contribution in [-0.4, -0.2) is 67.1 Å². The molecule has 5 rings (SSSR count). The Bertz CT molecular complexity index is 1320. The molecule has 12 heteroatoms. The number of nitrogens with zero attached hydrogens (tertiary/aromatic N) is 6. The van der Waals surface area contributed by atoms with Gasteiger partial charge in [0.1, 0.15) is 17.0 Å². The largest absolute Gasteiger partial charge is 0.493 e. The fourth-order valence-corrected chi connectivity index (χ4v) is 5.72. The van der Waals surface area contributed by atoms with Crippen LogP contribution in [0.3, 0.4) is 0 Å². The number of thiazole rings is 1. The Labute approximate surface area is 204 Å². The zero-order valence-corrected chi connectivity index (χ0v) is 20.4. The molecule has 0 radical (unpaired) electrons. The van der Waals surface area contributed by atoms with Crippen LogP contribution in [0.4, 0.5) is 13.2 Å². The minimum Gasteiger partial charge on any atom is -0.493 e. The van der Waals surface area contributed by atoms with Crippen molar-refractivity contribution < 1.29 is 17.9 Å². The molecule has 5 heterocycles. The summed E-state index contributed by atoms with van der Waals surface area (Å²) in [5.41, 5.74) is 1.48. The minimum absolute atomic E-state index is 0.0505. The number of halogens is 3. The maximum Gasteiger partial charge on any atom is 0.393 e. The quantitative estimate of drug-likeness (QED) is 0.400. The third kappa shape index (κ3) is 4.76. The molecule has 186 valence electrons. The first-order valence-electron chi connectivity index (χ1n) is 11.5. The SMILES string of the molecule is COc1cc(-c2[nH]nc(-c3ncc(C4CCN(C(C)C)CC4)s3)c2CC(F)(F)F)cn2ncnc12. The van der Waals surface area contributed by atoms with E-state index in [2.05, 4.69) is 44.0 Å². The van der Waals surface area contributed by atoms with Crippen molar-refractivity contribution >= 4 is 17.0 Å². The number of methoxy groups -OCH3 is 1. The van der Waals surface area contributed by atoms with Gasteiger partial charge >= 0.3 is 6.18 Å². The standard InChI is InChI=1S/C23H26F3N7OS/c1-13(2)32-6-4-14(5-7-32)18-10-27-22(35-18)20-16(9-23(24,25)26)19(30-31-20)15-8-17(34-3)21-28-12-29-33(21)11-15/h8,10-14H,4-7,9H2,1-3H3,(H,30,31). The molecule has 8 nitrogen and oxygen atoms in total. The lowest BCUT2D eigenvalue weighted by molar-refractivity contribution is -0.127. The van der Waals surface area contributed by atoms with Gasteiger partial charge in [0.15, 0.2) is 11.4 Å². The number of hydrogen-bond donors (Lipinski definition) is 1. The van der Waals surface area contributed by atoms with Gasteiger partial charge in [-0.15, -0.1) is 11.3 Å². The summed E-state index contributed by atoms with van der Waals surface area (Å²) in [7, 11) is 1.48. The molecule has 0 aromatic carbocycles. The number of nitrogens with one attached hydrogen (secondary N) is 1. The van der Waals surface area contributed by atoms with Gasteiger partial charge in [-0.2, -0.15) is 23.4 Å². The molecular weight excluding hydrogens is 479 g/mol. The lowest BCUT2D eigenvalue weighted by Gasteiger charge is -2.34. The van der Waals surface area contributed by atoms with E-state index in [1.807, 2.05) is 0 Å². The van der Waals surface area contributed by atoms with Crippen LogP contribution < -0.4 is 4.74 Å². The van der Waals surface area contributed by atoms with Crippen molar-refractivity contribution in [2.75, 3.05) is 20.2 Å². The molecule has 1 aliphatic rings. The lowest BCUT2D eigenvalue weighted by atomic mass is 9.95. The van der Waals surface area contributed by atoms with Crippen LogP contribution in [0.2, 0.25) is 0 Å². The molecule has 0 amide bonds. The number of hydrogen-bond acceptors (Lipinski definition) is 7. The molecule has 0 atom stereocenters. The summed E-state index contributed by atoms with van der Waals surface area (Å²) < 4.78 is 47.8. The average molecular weight is 506 g/mol. The highest BCUT2D eigenvalue weighted by molar-refractivity contribution is 7.15. The Morgan fingerprint density at radius 3 is 2.69 bits per heavy atom. The number of fused-ring (bicyclic) bond motifs is 1. The van der Waals surface area contributed by atoms with E-state index in [0.29, 0.717) is 33.9 Å². The number of likely N-dealkylation sites (tertiary alicyclic amines) is 1. The van der Waals surface area contributed by atoms with Gasteiger partial charge in [0.2, 0.25) is 0 Å². The molecule has 4 aromatic rings. The number of aromatic nitrogens is 6. The maximum atomic E-state index is 13.6. The van der Waals surface area contributed by atoms with Crippen LogP contribution in [0.15, 0.2) is 24.8 Å². The van der Waals surface area contributed by atoms with Crippen molar-refractivity contribution in [3.05, 3.63) is 35.2 Å². The molecule has 1 aliphatic heterocycles. The van der Waals surface area contributed by atoms with Gasteiger partial charge in [0.25, 0.3) is 0 Å². The molecule has 35 heavy (non-hydrogen) atoms. The summed E-state index contributed by atoms with van der Waals surface area (Å²) in [6.07, 6.45) is 1.24. The van der Waals surface area contributed by atoms with Gasteiger partial charge in [-0.25, -0.2) is 14.5 Å². The Kier molecular flexibility index (Phi) is 6.26. The topological polar surface area (TPSA) is 84.2 Å². The summed E-state index contributed by atoms with van der Waals surface area (Å²) >= 11 is 1.43. The molecule has 0 unspecified atom stereocenters. The van der Waals surface area contributed by atoms with Crippen molar-refractivity contribution in [2.24, 2.45) is 0 Å². The molecule has 0 saturated carbocycles. The van der Waals surface area contributed by atoms with Crippen LogP contribution in [0.25, 0.3) is 27.6 Å². The molecule has 1 fully saturated rings. The Morgan fingerprint density at radius 1 is 1.23 bits per heavy atom. The molecule has 0 aliphatic carbocycles. The van der Waals surface area contributed by atoms with E-state index in [0.717, 1.165) is 30.8 Å². The Balaban J connectivity index is 1.51.